The smallest absolute Gasteiger partial charge is 0.258 e. The fourth-order valence-electron chi connectivity index (χ4n) is 4.23. The molecule has 0 fully saturated rings. The number of nitrogens with zero attached hydrogens (tertiary/aromatic N) is 3. The minimum absolute atomic E-state index is 0.0949. The van der Waals surface area contributed by atoms with Crippen LogP contribution >= 0.6 is 11.3 Å². The fraction of sp³-hybridized carbons (Fsp3) is 0.222. The van der Waals surface area contributed by atoms with Gasteiger partial charge in [0, 0.05) is 47.1 Å². The van der Waals surface area contributed by atoms with Gasteiger partial charge in [0.25, 0.3) is 11.5 Å². The van der Waals surface area contributed by atoms with Crippen molar-refractivity contribution in [3.8, 4) is 23.1 Å². The number of pyridine rings is 1. The van der Waals surface area contributed by atoms with Gasteiger partial charge < -0.3 is 19.9 Å². The van der Waals surface area contributed by atoms with Crippen molar-refractivity contribution in [2.45, 2.75) is 18.8 Å². The van der Waals surface area contributed by atoms with Gasteiger partial charge in [-0.05, 0) is 42.6 Å². The molecule has 186 valence electrons. The van der Waals surface area contributed by atoms with Crippen LogP contribution in [-0.4, -0.2) is 34.5 Å². The molecule has 0 unspecified atom stereocenters. The summed E-state index contributed by atoms with van der Waals surface area (Å²) in [5.74, 6) is -0.262. The van der Waals surface area contributed by atoms with Crippen LogP contribution < -0.4 is 20.9 Å². The maximum absolute atomic E-state index is 12.7. The van der Waals surface area contributed by atoms with Crippen LogP contribution in [-0.2, 0) is 17.3 Å². The number of hydrogen-bond acceptors (Lipinski definition) is 7. The van der Waals surface area contributed by atoms with Crippen LogP contribution in [0.2, 0.25) is 0 Å². The second kappa shape index (κ2) is 9.52. The van der Waals surface area contributed by atoms with Gasteiger partial charge in [-0.25, -0.2) is 4.98 Å². The van der Waals surface area contributed by atoms with E-state index < -0.39 is 17.2 Å². The van der Waals surface area contributed by atoms with Crippen molar-refractivity contribution in [2.24, 2.45) is 7.05 Å². The monoisotopic (exact) mass is 513 g/mol. The third kappa shape index (κ3) is 4.69. The summed E-state index contributed by atoms with van der Waals surface area (Å²) in [6.45, 7) is 2.02. The van der Waals surface area contributed by atoms with E-state index in [1.807, 2.05) is 25.1 Å². The molecular formula is C27H23N5O4S. The van der Waals surface area contributed by atoms with E-state index in [4.69, 9.17) is 4.74 Å². The molecule has 1 aliphatic rings. The second-order valence-electron chi connectivity index (χ2n) is 9.06. The van der Waals surface area contributed by atoms with Crippen molar-refractivity contribution in [3.63, 3.8) is 0 Å². The number of amides is 2. The van der Waals surface area contributed by atoms with Crippen LogP contribution in [0.15, 0.2) is 58.8 Å². The van der Waals surface area contributed by atoms with E-state index >= 15 is 0 Å². The first kappa shape index (κ1) is 24.2. The van der Waals surface area contributed by atoms with Gasteiger partial charge in [0.15, 0.2) is 5.13 Å². The van der Waals surface area contributed by atoms with E-state index in [2.05, 4.69) is 21.7 Å². The maximum Gasteiger partial charge on any atom is 0.258 e. The summed E-state index contributed by atoms with van der Waals surface area (Å²) in [4.78, 5) is 42.0. The lowest BCUT2D eigenvalue weighted by Gasteiger charge is -2.30. The molecule has 0 spiro atoms. The Morgan fingerprint density at radius 1 is 1.24 bits per heavy atom. The van der Waals surface area contributed by atoms with E-state index in [9.17, 15) is 19.6 Å². The highest BCUT2D eigenvalue weighted by atomic mass is 32.1. The highest BCUT2D eigenvalue weighted by Crippen LogP contribution is 2.38. The van der Waals surface area contributed by atoms with Crippen molar-refractivity contribution in [3.05, 3.63) is 75.5 Å². The summed E-state index contributed by atoms with van der Waals surface area (Å²) in [5, 5.41) is 18.5. The Balaban J connectivity index is 1.24. The largest absolute Gasteiger partial charge is 0.493 e. The Hall–Kier alpha value is -4.49. The average molecular weight is 514 g/mol. The lowest BCUT2D eigenvalue weighted by molar-refractivity contribution is -0.115. The van der Waals surface area contributed by atoms with Gasteiger partial charge in [-0.2, -0.15) is 5.26 Å². The van der Waals surface area contributed by atoms with E-state index in [1.165, 1.54) is 15.9 Å². The number of rotatable bonds is 5. The SMILES string of the molecule is Cn1ccc2ccc(-c3csc(NC(=O)CNC(=O)c4ccc5c(c4)[C@@](C)(C#N)CCO5)n3)cc2c1=O. The van der Waals surface area contributed by atoms with Crippen molar-refractivity contribution in [1.82, 2.24) is 14.9 Å². The van der Waals surface area contributed by atoms with E-state index in [1.54, 1.807) is 42.9 Å². The molecule has 1 atom stereocenters. The highest BCUT2D eigenvalue weighted by Gasteiger charge is 2.34. The van der Waals surface area contributed by atoms with Gasteiger partial charge in [-0.15, -0.1) is 11.3 Å². The first-order valence-corrected chi connectivity index (χ1v) is 12.5. The molecular weight excluding hydrogens is 490 g/mol. The van der Waals surface area contributed by atoms with Crippen LogP contribution in [0.3, 0.4) is 0 Å². The minimum atomic E-state index is -0.734. The molecule has 2 amide bonds. The molecule has 0 bridgehead atoms. The normalized spacial score (nSPS) is 16.4. The number of aryl methyl sites for hydroxylation is 1. The molecule has 0 aliphatic carbocycles. The number of carbonyl (C=O) groups excluding carboxylic acids is 2. The second-order valence-corrected chi connectivity index (χ2v) is 9.91. The Morgan fingerprint density at radius 3 is 2.89 bits per heavy atom. The standard InChI is InChI=1S/C27H23N5O4S/c1-27(15-28)8-10-36-22-6-5-18(12-20(22)27)24(34)29-13-23(33)31-26-30-21(14-37-26)17-4-3-16-7-9-32(2)25(35)19(16)11-17/h3-7,9,11-12,14H,8,10,13H2,1-2H3,(H,29,34)(H,30,31,33)/t27-/m1/s1. The number of ether oxygens (including phenoxy) is 1. The molecule has 5 rings (SSSR count). The Bertz CT molecular complexity index is 1650. The summed E-state index contributed by atoms with van der Waals surface area (Å²) in [5.41, 5.74) is 1.58. The van der Waals surface area contributed by atoms with E-state index in [0.29, 0.717) is 46.1 Å². The summed E-state index contributed by atoms with van der Waals surface area (Å²) in [6.07, 6.45) is 2.26. The number of nitriles is 1. The topological polar surface area (TPSA) is 126 Å². The molecule has 4 aromatic rings. The molecule has 1 aliphatic heterocycles. The number of fused-ring (bicyclic) bond motifs is 2. The van der Waals surface area contributed by atoms with Crippen LogP contribution in [0.25, 0.3) is 22.0 Å². The Kier molecular flexibility index (Phi) is 6.23. The molecule has 2 aromatic carbocycles. The molecule has 0 saturated carbocycles. The number of nitrogens with one attached hydrogen (secondary N) is 2. The minimum Gasteiger partial charge on any atom is -0.493 e. The summed E-state index contributed by atoms with van der Waals surface area (Å²) in [7, 11) is 1.70. The zero-order chi connectivity index (χ0) is 26.2. The van der Waals surface area contributed by atoms with Crippen molar-refractivity contribution < 1.29 is 14.3 Å². The predicted octanol–water partition coefficient (Wildman–Crippen LogP) is 3.59. The lowest BCUT2D eigenvalue weighted by Crippen LogP contribution is -2.33. The predicted molar refractivity (Wildman–Crippen MR) is 141 cm³/mol. The molecule has 2 aromatic heterocycles. The molecule has 2 N–H and O–H groups in total. The number of carbonyl (C=O) groups is 2. The third-order valence-corrected chi connectivity index (χ3v) is 7.24. The molecule has 0 saturated heterocycles. The quantitative estimate of drug-likeness (QED) is 0.420. The van der Waals surface area contributed by atoms with Gasteiger partial charge in [0.1, 0.15) is 5.75 Å². The van der Waals surface area contributed by atoms with E-state index in [-0.39, 0.29) is 12.1 Å². The van der Waals surface area contributed by atoms with E-state index in [0.717, 1.165) is 10.9 Å². The zero-order valence-electron chi connectivity index (χ0n) is 20.2. The van der Waals surface area contributed by atoms with Crippen molar-refractivity contribution >= 4 is 39.1 Å². The summed E-state index contributed by atoms with van der Waals surface area (Å²) >= 11 is 1.25. The van der Waals surface area contributed by atoms with Crippen molar-refractivity contribution in [1.29, 1.82) is 5.26 Å². The highest BCUT2D eigenvalue weighted by molar-refractivity contribution is 7.14. The van der Waals surface area contributed by atoms with Gasteiger partial charge in [0.05, 0.1) is 30.3 Å². The summed E-state index contributed by atoms with van der Waals surface area (Å²) in [6, 6.07) is 14.7. The van der Waals surface area contributed by atoms with Gasteiger partial charge in [-0.3, -0.25) is 14.4 Å². The van der Waals surface area contributed by atoms with Crippen LogP contribution in [0.5, 0.6) is 5.75 Å². The van der Waals surface area contributed by atoms with Crippen LogP contribution in [0, 0.1) is 11.3 Å². The third-order valence-electron chi connectivity index (χ3n) is 6.48. The van der Waals surface area contributed by atoms with Gasteiger partial charge in [-0.1, -0.05) is 12.1 Å². The first-order chi connectivity index (χ1) is 17.8. The fourth-order valence-corrected chi connectivity index (χ4v) is 4.97. The van der Waals surface area contributed by atoms with Crippen molar-refractivity contribution in [2.75, 3.05) is 18.5 Å². The number of benzene rings is 2. The zero-order valence-corrected chi connectivity index (χ0v) is 21.0. The van der Waals surface area contributed by atoms with Gasteiger partial charge in [0.2, 0.25) is 5.91 Å². The molecule has 10 heteroatoms. The maximum atomic E-state index is 12.7. The molecule has 9 nitrogen and oxygen atoms in total. The Morgan fingerprint density at radius 2 is 2.08 bits per heavy atom. The first-order valence-electron chi connectivity index (χ1n) is 11.6. The summed E-state index contributed by atoms with van der Waals surface area (Å²) < 4.78 is 7.14. The van der Waals surface area contributed by atoms with Crippen LogP contribution in [0.1, 0.15) is 29.3 Å². The molecule has 0 radical (unpaired) electrons. The Labute approximate surface area is 216 Å². The molecule has 37 heavy (non-hydrogen) atoms. The number of thiazole rings is 1. The number of hydrogen-bond donors (Lipinski definition) is 2. The average Bonchev–Trinajstić information content (AvgIpc) is 3.37. The number of aromatic nitrogens is 2. The molecule has 3 heterocycles. The van der Waals surface area contributed by atoms with Gasteiger partial charge >= 0.3 is 0 Å². The lowest BCUT2D eigenvalue weighted by atomic mass is 9.78. The van der Waals surface area contributed by atoms with Crippen LogP contribution in [0.4, 0.5) is 5.13 Å². The number of anilines is 1.